The maximum atomic E-state index is 11.9. The minimum Gasteiger partial charge on any atom is -0.435 e. The monoisotopic (exact) mass is 277 g/mol. The molecule has 0 saturated heterocycles. The van der Waals surface area contributed by atoms with Gasteiger partial charge in [0.15, 0.2) is 0 Å². The van der Waals surface area contributed by atoms with E-state index in [4.69, 9.17) is 0 Å². The molecule has 1 aromatic carbocycles. The van der Waals surface area contributed by atoms with Crippen LogP contribution in [0.3, 0.4) is 0 Å². The lowest BCUT2D eigenvalue weighted by molar-refractivity contribution is -0.0498. The molecule has 0 radical (unpaired) electrons. The first-order valence-electron chi connectivity index (χ1n) is 5.55. The third kappa shape index (κ3) is 5.55. The van der Waals surface area contributed by atoms with Crippen molar-refractivity contribution < 1.29 is 17.7 Å². The van der Waals surface area contributed by atoms with Crippen LogP contribution in [0.1, 0.15) is 12.5 Å². The molecular weight excluding hydrogens is 260 g/mol. The van der Waals surface area contributed by atoms with E-state index in [1.807, 2.05) is 6.92 Å². The van der Waals surface area contributed by atoms with E-state index in [2.05, 4.69) is 10.1 Å². The predicted octanol–water partition coefficient (Wildman–Crippen LogP) is 2.14. The molecular formula is C12H17F2NO2S. The largest absolute Gasteiger partial charge is 0.435 e. The predicted molar refractivity (Wildman–Crippen MR) is 68.3 cm³/mol. The Balaban J connectivity index is 2.37. The first-order chi connectivity index (χ1) is 8.49. The van der Waals surface area contributed by atoms with Gasteiger partial charge in [-0.3, -0.25) is 4.21 Å². The Hall–Kier alpha value is -1.01. The van der Waals surface area contributed by atoms with Crippen LogP contribution in [0.5, 0.6) is 5.75 Å². The lowest BCUT2D eigenvalue weighted by atomic mass is 10.2. The molecule has 18 heavy (non-hydrogen) atoms. The molecule has 102 valence electrons. The van der Waals surface area contributed by atoms with E-state index in [-0.39, 0.29) is 11.0 Å². The number of hydrogen-bond acceptors (Lipinski definition) is 3. The van der Waals surface area contributed by atoms with Crippen molar-refractivity contribution in [1.82, 2.24) is 5.32 Å². The highest BCUT2D eigenvalue weighted by Gasteiger charge is 2.06. The number of hydrogen-bond donors (Lipinski definition) is 1. The summed E-state index contributed by atoms with van der Waals surface area (Å²) in [5, 5.41) is 3.25. The van der Waals surface area contributed by atoms with Gasteiger partial charge in [0, 0.05) is 35.4 Å². The molecule has 0 spiro atoms. The standard InChI is InChI=1S/C12H17F2NO2S/c1-9(18(2)16)7-15-8-10-3-5-11(6-4-10)17-12(13)14/h3-6,9,12,15H,7-8H2,1-2H3. The van der Waals surface area contributed by atoms with E-state index in [1.165, 1.54) is 12.1 Å². The summed E-state index contributed by atoms with van der Waals surface area (Å²) in [5.41, 5.74) is 0.964. The van der Waals surface area contributed by atoms with Gasteiger partial charge in [0.25, 0.3) is 0 Å². The number of ether oxygens (including phenoxy) is 1. The zero-order valence-corrected chi connectivity index (χ0v) is 11.2. The molecule has 0 aliphatic heterocycles. The van der Waals surface area contributed by atoms with Crippen molar-refractivity contribution >= 4 is 10.8 Å². The molecule has 0 amide bonds. The summed E-state index contributed by atoms with van der Waals surface area (Å²) < 4.78 is 39.2. The Labute approximate surface area is 108 Å². The van der Waals surface area contributed by atoms with Crippen LogP contribution in [0.15, 0.2) is 24.3 Å². The molecule has 1 N–H and O–H groups in total. The van der Waals surface area contributed by atoms with E-state index in [0.29, 0.717) is 13.1 Å². The molecule has 6 heteroatoms. The van der Waals surface area contributed by atoms with Gasteiger partial charge in [-0.05, 0) is 24.6 Å². The van der Waals surface area contributed by atoms with E-state index in [9.17, 15) is 13.0 Å². The summed E-state index contributed by atoms with van der Waals surface area (Å²) in [6, 6.07) is 6.45. The average Bonchev–Trinajstić information content (AvgIpc) is 2.30. The maximum absolute atomic E-state index is 11.9. The molecule has 0 fully saturated rings. The summed E-state index contributed by atoms with van der Waals surface area (Å²) in [4.78, 5) is 0. The molecule has 0 heterocycles. The zero-order valence-electron chi connectivity index (χ0n) is 10.4. The second-order valence-corrected chi connectivity index (χ2v) is 5.76. The molecule has 0 bridgehead atoms. The van der Waals surface area contributed by atoms with Crippen molar-refractivity contribution in [3.05, 3.63) is 29.8 Å². The third-order valence-electron chi connectivity index (χ3n) is 2.48. The lowest BCUT2D eigenvalue weighted by Crippen LogP contribution is -2.27. The number of nitrogens with one attached hydrogen (secondary N) is 1. The molecule has 0 aliphatic carbocycles. The summed E-state index contributed by atoms with van der Waals surface area (Å²) >= 11 is 0. The van der Waals surface area contributed by atoms with Crippen LogP contribution in [0.2, 0.25) is 0 Å². The molecule has 3 nitrogen and oxygen atoms in total. The second-order valence-electron chi connectivity index (χ2n) is 3.96. The van der Waals surface area contributed by atoms with Gasteiger partial charge in [-0.2, -0.15) is 8.78 Å². The average molecular weight is 277 g/mol. The highest BCUT2D eigenvalue weighted by atomic mass is 32.2. The summed E-state index contributed by atoms with van der Waals surface area (Å²) in [7, 11) is -0.844. The van der Waals surface area contributed by atoms with Crippen molar-refractivity contribution in [2.75, 3.05) is 12.8 Å². The van der Waals surface area contributed by atoms with Crippen LogP contribution in [0.4, 0.5) is 8.78 Å². The Morgan fingerprint density at radius 1 is 1.33 bits per heavy atom. The van der Waals surface area contributed by atoms with Crippen LogP contribution in [0.25, 0.3) is 0 Å². The van der Waals surface area contributed by atoms with E-state index in [0.717, 1.165) is 5.56 Å². The number of alkyl halides is 2. The zero-order chi connectivity index (χ0) is 13.5. The molecule has 1 rings (SSSR count). The first-order valence-corrected chi connectivity index (χ1v) is 7.18. The molecule has 1 aromatic rings. The van der Waals surface area contributed by atoms with Crippen molar-refractivity contribution in [2.24, 2.45) is 0 Å². The van der Waals surface area contributed by atoms with E-state index < -0.39 is 17.4 Å². The van der Waals surface area contributed by atoms with Gasteiger partial charge in [-0.15, -0.1) is 0 Å². The van der Waals surface area contributed by atoms with Crippen LogP contribution >= 0.6 is 0 Å². The van der Waals surface area contributed by atoms with Gasteiger partial charge in [-0.25, -0.2) is 0 Å². The normalized spacial score (nSPS) is 14.5. The Kier molecular flexibility index (Phi) is 6.21. The van der Waals surface area contributed by atoms with Crippen LogP contribution in [-0.2, 0) is 17.3 Å². The number of rotatable bonds is 7. The molecule has 0 aromatic heterocycles. The van der Waals surface area contributed by atoms with Crippen LogP contribution in [-0.4, -0.2) is 28.9 Å². The lowest BCUT2D eigenvalue weighted by Gasteiger charge is -2.10. The van der Waals surface area contributed by atoms with Crippen LogP contribution in [0, 0.1) is 0 Å². The van der Waals surface area contributed by atoms with Gasteiger partial charge in [0.1, 0.15) is 5.75 Å². The Bertz CT molecular complexity index is 384. The van der Waals surface area contributed by atoms with Gasteiger partial charge in [-0.1, -0.05) is 12.1 Å². The van der Waals surface area contributed by atoms with Crippen molar-refractivity contribution in [1.29, 1.82) is 0 Å². The third-order valence-corrected chi connectivity index (χ3v) is 3.78. The van der Waals surface area contributed by atoms with Gasteiger partial charge in [0.05, 0.1) is 0 Å². The fourth-order valence-electron chi connectivity index (χ4n) is 1.33. The smallest absolute Gasteiger partial charge is 0.387 e. The van der Waals surface area contributed by atoms with Gasteiger partial charge >= 0.3 is 6.61 Å². The van der Waals surface area contributed by atoms with Gasteiger partial charge < -0.3 is 10.1 Å². The highest BCUT2D eigenvalue weighted by molar-refractivity contribution is 7.84. The Morgan fingerprint density at radius 3 is 2.44 bits per heavy atom. The van der Waals surface area contributed by atoms with Crippen molar-refractivity contribution in [2.45, 2.75) is 25.3 Å². The minimum atomic E-state index is -2.80. The summed E-state index contributed by atoms with van der Waals surface area (Å²) in [6.07, 6.45) is 1.67. The van der Waals surface area contributed by atoms with Crippen LogP contribution < -0.4 is 10.1 Å². The maximum Gasteiger partial charge on any atom is 0.387 e. The quantitative estimate of drug-likeness (QED) is 0.830. The SMILES string of the molecule is CC(CNCc1ccc(OC(F)F)cc1)S(C)=O. The summed E-state index contributed by atoms with van der Waals surface area (Å²) in [5.74, 6) is 0.150. The fraction of sp³-hybridized carbons (Fsp3) is 0.500. The van der Waals surface area contributed by atoms with E-state index >= 15 is 0 Å². The minimum absolute atomic E-state index is 0.0893. The second kappa shape index (κ2) is 7.43. The van der Waals surface area contributed by atoms with Gasteiger partial charge in [0.2, 0.25) is 0 Å². The first kappa shape index (κ1) is 15.0. The number of benzene rings is 1. The number of halogens is 2. The molecule has 2 unspecified atom stereocenters. The van der Waals surface area contributed by atoms with Crippen molar-refractivity contribution in [3.8, 4) is 5.75 Å². The molecule has 2 atom stereocenters. The van der Waals surface area contributed by atoms with Crippen molar-refractivity contribution in [3.63, 3.8) is 0 Å². The highest BCUT2D eigenvalue weighted by Crippen LogP contribution is 2.14. The summed E-state index contributed by atoms with van der Waals surface area (Å²) in [6.45, 7) is 0.367. The van der Waals surface area contributed by atoms with E-state index in [1.54, 1.807) is 18.4 Å². The molecule has 0 aliphatic rings. The molecule has 0 saturated carbocycles. The topological polar surface area (TPSA) is 38.3 Å². The fourth-order valence-corrected chi connectivity index (χ4v) is 1.68. The Morgan fingerprint density at radius 2 is 1.94 bits per heavy atom.